The molecule has 0 radical (unpaired) electrons. The van der Waals surface area contributed by atoms with E-state index in [1.165, 1.54) is 38.5 Å². The van der Waals surface area contributed by atoms with Gasteiger partial charge in [0.2, 0.25) is 0 Å². The summed E-state index contributed by atoms with van der Waals surface area (Å²) in [5, 5.41) is 14.0. The summed E-state index contributed by atoms with van der Waals surface area (Å²) in [7, 11) is 0. The van der Waals surface area contributed by atoms with E-state index in [9.17, 15) is 5.11 Å². The van der Waals surface area contributed by atoms with Crippen LogP contribution in [0, 0.1) is 5.92 Å². The van der Waals surface area contributed by atoms with Crippen LogP contribution in [0.3, 0.4) is 0 Å². The highest BCUT2D eigenvalue weighted by Crippen LogP contribution is 2.47. The summed E-state index contributed by atoms with van der Waals surface area (Å²) in [4.78, 5) is 0. The maximum atomic E-state index is 10.4. The number of hydrogen-bond acceptors (Lipinski definition) is 2. The van der Waals surface area contributed by atoms with Crippen molar-refractivity contribution in [1.82, 2.24) is 5.32 Å². The molecule has 0 saturated heterocycles. The molecule has 80 valence electrons. The molecule has 0 aromatic rings. The molecule has 3 saturated carbocycles. The van der Waals surface area contributed by atoms with Gasteiger partial charge < -0.3 is 10.4 Å². The van der Waals surface area contributed by atoms with Gasteiger partial charge in [-0.2, -0.15) is 0 Å². The molecule has 14 heavy (non-hydrogen) atoms. The van der Waals surface area contributed by atoms with Crippen molar-refractivity contribution in [3.05, 3.63) is 0 Å². The van der Waals surface area contributed by atoms with Crippen molar-refractivity contribution < 1.29 is 5.11 Å². The maximum absolute atomic E-state index is 10.4. The molecule has 3 aliphatic rings. The van der Waals surface area contributed by atoms with Gasteiger partial charge in [0, 0.05) is 12.1 Å². The highest BCUT2D eigenvalue weighted by Gasteiger charge is 2.45. The molecule has 0 heterocycles. The van der Waals surface area contributed by atoms with Crippen molar-refractivity contribution in [2.45, 2.75) is 69.1 Å². The number of nitrogens with one attached hydrogen (secondary N) is 1. The first-order valence-electron chi connectivity index (χ1n) is 6.25. The minimum absolute atomic E-state index is 0.262. The highest BCUT2D eigenvalue weighted by atomic mass is 16.3. The van der Waals surface area contributed by atoms with E-state index in [4.69, 9.17) is 0 Å². The Morgan fingerprint density at radius 1 is 0.857 bits per heavy atom. The predicted octanol–water partition coefficient (Wildman–Crippen LogP) is 1.82. The van der Waals surface area contributed by atoms with Crippen LogP contribution in [0.25, 0.3) is 0 Å². The first kappa shape index (κ1) is 9.17. The monoisotopic (exact) mass is 195 g/mol. The number of hydrogen-bond donors (Lipinski definition) is 2. The lowest BCUT2D eigenvalue weighted by atomic mass is 9.79. The Balaban J connectivity index is 1.50. The summed E-state index contributed by atoms with van der Waals surface area (Å²) in [6.45, 7) is 0. The molecule has 0 atom stereocenters. The van der Waals surface area contributed by atoms with Crippen molar-refractivity contribution in [1.29, 1.82) is 0 Å². The van der Waals surface area contributed by atoms with Crippen molar-refractivity contribution in [2.24, 2.45) is 5.92 Å². The SMILES string of the molecule is OC1(C2CC2)CCC(NC2CC2)CC1. The third-order valence-electron chi connectivity index (χ3n) is 4.24. The van der Waals surface area contributed by atoms with E-state index in [0.29, 0.717) is 12.0 Å². The van der Waals surface area contributed by atoms with Crippen molar-refractivity contribution >= 4 is 0 Å². The molecule has 3 fully saturated rings. The van der Waals surface area contributed by atoms with Crippen LogP contribution in [0.2, 0.25) is 0 Å². The fourth-order valence-corrected chi connectivity index (χ4v) is 2.90. The molecule has 0 aliphatic heterocycles. The fourth-order valence-electron chi connectivity index (χ4n) is 2.90. The molecule has 3 aliphatic carbocycles. The minimum atomic E-state index is -0.262. The molecule has 0 aromatic heterocycles. The Kier molecular flexibility index (Phi) is 2.10. The Labute approximate surface area is 86.1 Å². The van der Waals surface area contributed by atoms with Gasteiger partial charge in [-0.3, -0.25) is 0 Å². The standard InChI is InChI=1S/C12H21NO/c14-12(9-1-2-9)7-5-11(6-8-12)13-10-3-4-10/h9-11,13-14H,1-8H2. The van der Waals surface area contributed by atoms with Crippen LogP contribution in [-0.2, 0) is 0 Å². The lowest BCUT2D eigenvalue weighted by Crippen LogP contribution is -2.43. The highest BCUT2D eigenvalue weighted by molar-refractivity contribution is 4.99. The van der Waals surface area contributed by atoms with Gasteiger partial charge in [0.1, 0.15) is 0 Å². The van der Waals surface area contributed by atoms with Crippen LogP contribution >= 0.6 is 0 Å². The van der Waals surface area contributed by atoms with Gasteiger partial charge in [-0.1, -0.05) is 0 Å². The first-order valence-corrected chi connectivity index (χ1v) is 6.25. The second-order valence-electron chi connectivity index (χ2n) is 5.59. The number of aliphatic hydroxyl groups is 1. The zero-order valence-corrected chi connectivity index (χ0v) is 8.84. The Hall–Kier alpha value is -0.0800. The molecule has 0 amide bonds. The van der Waals surface area contributed by atoms with Gasteiger partial charge in [-0.05, 0) is 57.3 Å². The molecule has 0 spiro atoms. The average Bonchev–Trinajstić information content (AvgIpc) is 3.02. The predicted molar refractivity (Wildman–Crippen MR) is 56.1 cm³/mol. The van der Waals surface area contributed by atoms with E-state index in [0.717, 1.165) is 18.9 Å². The second-order valence-corrected chi connectivity index (χ2v) is 5.59. The molecule has 3 rings (SSSR count). The topological polar surface area (TPSA) is 32.3 Å². The zero-order valence-electron chi connectivity index (χ0n) is 8.84. The van der Waals surface area contributed by atoms with Gasteiger partial charge in [-0.15, -0.1) is 0 Å². The van der Waals surface area contributed by atoms with Crippen LogP contribution in [-0.4, -0.2) is 22.8 Å². The molecule has 2 heteroatoms. The Bertz CT molecular complexity index is 212. The number of rotatable bonds is 3. The second kappa shape index (κ2) is 3.21. The molecule has 0 unspecified atom stereocenters. The van der Waals surface area contributed by atoms with E-state index < -0.39 is 0 Å². The van der Waals surface area contributed by atoms with Gasteiger partial charge in [0.15, 0.2) is 0 Å². The Morgan fingerprint density at radius 2 is 1.43 bits per heavy atom. The van der Waals surface area contributed by atoms with Gasteiger partial charge in [0.25, 0.3) is 0 Å². The third-order valence-corrected chi connectivity index (χ3v) is 4.24. The summed E-state index contributed by atoms with van der Waals surface area (Å²) in [5.74, 6) is 0.657. The molecule has 0 aromatic carbocycles. The zero-order chi connectivity index (χ0) is 9.60. The van der Waals surface area contributed by atoms with Crippen molar-refractivity contribution in [3.8, 4) is 0 Å². The van der Waals surface area contributed by atoms with Crippen molar-refractivity contribution in [3.63, 3.8) is 0 Å². The fraction of sp³-hybridized carbons (Fsp3) is 1.00. The van der Waals surface area contributed by atoms with Gasteiger partial charge in [0.05, 0.1) is 5.60 Å². The molecular formula is C12H21NO. The summed E-state index contributed by atoms with van der Waals surface area (Å²) >= 11 is 0. The molecule has 2 N–H and O–H groups in total. The quantitative estimate of drug-likeness (QED) is 0.720. The summed E-state index contributed by atoms with van der Waals surface area (Å²) in [5.41, 5.74) is -0.262. The van der Waals surface area contributed by atoms with Crippen molar-refractivity contribution in [2.75, 3.05) is 0 Å². The van der Waals surface area contributed by atoms with Gasteiger partial charge >= 0.3 is 0 Å². The maximum Gasteiger partial charge on any atom is 0.0677 e. The first-order chi connectivity index (χ1) is 6.76. The van der Waals surface area contributed by atoms with Crippen LogP contribution in [0.5, 0.6) is 0 Å². The normalized spacial score (nSPS) is 43.9. The Morgan fingerprint density at radius 3 is 1.93 bits per heavy atom. The lowest BCUT2D eigenvalue weighted by Gasteiger charge is -2.36. The molecule has 2 nitrogen and oxygen atoms in total. The van der Waals surface area contributed by atoms with E-state index in [2.05, 4.69) is 5.32 Å². The van der Waals surface area contributed by atoms with Crippen LogP contribution in [0.4, 0.5) is 0 Å². The molecular weight excluding hydrogens is 174 g/mol. The average molecular weight is 195 g/mol. The van der Waals surface area contributed by atoms with E-state index in [1.54, 1.807) is 0 Å². The van der Waals surface area contributed by atoms with Crippen LogP contribution < -0.4 is 5.32 Å². The van der Waals surface area contributed by atoms with Crippen LogP contribution in [0.15, 0.2) is 0 Å². The van der Waals surface area contributed by atoms with E-state index >= 15 is 0 Å². The minimum Gasteiger partial charge on any atom is -0.390 e. The molecule has 0 bridgehead atoms. The van der Waals surface area contributed by atoms with E-state index in [1.807, 2.05) is 0 Å². The summed E-state index contributed by atoms with van der Waals surface area (Å²) in [6.07, 6.45) is 9.79. The third kappa shape index (κ3) is 1.82. The smallest absolute Gasteiger partial charge is 0.0677 e. The summed E-state index contributed by atoms with van der Waals surface area (Å²) < 4.78 is 0. The lowest BCUT2D eigenvalue weighted by molar-refractivity contribution is -0.0237. The largest absolute Gasteiger partial charge is 0.390 e. The summed E-state index contributed by atoms with van der Waals surface area (Å²) in [6, 6.07) is 1.54. The van der Waals surface area contributed by atoms with Crippen LogP contribution in [0.1, 0.15) is 51.4 Å². The van der Waals surface area contributed by atoms with Gasteiger partial charge in [-0.25, -0.2) is 0 Å². The van der Waals surface area contributed by atoms with E-state index in [-0.39, 0.29) is 5.60 Å².